The number of amides is 1. The zero-order valence-corrected chi connectivity index (χ0v) is 9.67. The Balaban J connectivity index is 2.26. The fraction of sp³-hybridized carbons (Fsp3) is 0.308. The number of ether oxygens (including phenoxy) is 1. The third kappa shape index (κ3) is 1.65. The zero-order valence-electron chi connectivity index (χ0n) is 9.67. The van der Waals surface area contributed by atoms with Crippen molar-refractivity contribution in [3.8, 4) is 5.75 Å². The van der Waals surface area contributed by atoms with E-state index >= 15 is 0 Å². The van der Waals surface area contributed by atoms with Crippen molar-refractivity contribution in [1.29, 1.82) is 0 Å². The summed E-state index contributed by atoms with van der Waals surface area (Å²) in [4.78, 5) is 14.9. The molecule has 1 amide bonds. The molecule has 0 radical (unpaired) electrons. The normalized spacial score (nSPS) is 15.2. The van der Waals surface area contributed by atoms with Gasteiger partial charge in [-0.25, -0.2) is 0 Å². The minimum Gasteiger partial charge on any atom is -0.497 e. The van der Waals surface area contributed by atoms with Crippen LogP contribution in [0.2, 0.25) is 0 Å². The van der Waals surface area contributed by atoms with Gasteiger partial charge in [0.05, 0.1) is 13.5 Å². The van der Waals surface area contributed by atoms with Crippen LogP contribution in [0.25, 0.3) is 10.9 Å². The molecular formula is C13H14N2O2. The molecule has 0 saturated heterocycles. The average molecular weight is 230 g/mol. The van der Waals surface area contributed by atoms with Gasteiger partial charge in [0.25, 0.3) is 0 Å². The van der Waals surface area contributed by atoms with E-state index < -0.39 is 0 Å². The van der Waals surface area contributed by atoms with Crippen LogP contribution in [0.1, 0.15) is 11.1 Å². The van der Waals surface area contributed by atoms with Crippen molar-refractivity contribution >= 4 is 16.8 Å². The highest BCUT2D eigenvalue weighted by Crippen LogP contribution is 2.29. The third-order valence-electron chi connectivity index (χ3n) is 3.22. The Morgan fingerprint density at radius 2 is 2.18 bits per heavy atom. The molecule has 0 unspecified atom stereocenters. The summed E-state index contributed by atoms with van der Waals surface area (Å²) in [6.45, 7) is 0.706. The third-order valence-corrected chi connectivity index (χ3v) is 3.22. The van der Waals surface area contributed by atoms with Crippen LogP contribution in [-0.4, -0.2) is 24.5 Å². The number of hydrogen-bond donors (Lipinski definition) is 2. The first-order valence-corrected chi connectivity index (χ1v) is 5.71. The molecule has 17 heavy (non-hydrogen) atoms. The van der Waals surface area contributed by atoms with E-state index in [1.165, 1.54) is 10.9 Å². The quantitative estimate of drug-likeness (QED) is 0.778. The van der Waals surface area contributed by atoms with Gasteiger partial charge >= 0.3 is 0 Å². The molecule has 1 aromatic carbocycles. The number of carbonyl (C=O) groups excluding carboxylic acids is 1. The first-order chi connectivity index (χ1) is 8.28. The van der Waals surface area contributed by atoms with E-state index in [4.69, 9.17) is 4.74 Å². The fourth-order valence-corrected chi connectivity index (χ4v) is 2.43. The predicted molar refractivity (Wildman–Crippen MR) is 65.3 cm³/mol. The monoisotopic (exact) mass is 230 g/mol. The summed E-state index contributed by atoms with van der Waals surface area (Å²) in [5.41, 5.74) is 3.34. The fourth-order valence-electron chi connectivity index (χ4n) is 2.43. The predicted octanol–water partition coefficient (Wildman–Crippen LogP) is 1.39. The maximum absolute atomic E-state index is 11.6. The van der Waals surface area contributed by atoms with E-state index in [9.17, 15) is 4.79 Å². The van der Waals surface area contributed by atoms with Gasteiger partial charge < -0.3 is 15.0 Å². The van der Waals surface area contributed by atoms with Gasteiger partial charge in [-0.15, -0.1) is 0 Å². The zero-order chi connectivity index (χ0) is 11.8. The van der Waals surface area contributed by atoms with Gasteiger partial charge in [-0.05, 0) is 23.6 Å². The second-order valence-electron chi connectivity index (χ2n) is 4.30. The minimum atomic E-state index is 0.0754. The van der Waals surface area contributed by atoms with Crippen LogP contribution in [0.15, 0.2) is 18.3 Å². The van der Waals surface area contributed by atoms with E-state index in [-0.39, 0.29) is 5.91 Å². The Kier molecular flexibility index (Phi) is 2.28. The lowest BCUT2D eigenvalue weighted by Crippen LogP contribution is -2.28. The second kappa shape index (κ2) is 3.80. The Bertz CT molecular complexity index is 586. The highest BCUT2D eigenvalue weighted by Gasteiger charge is 2.16. The molecule has 0 fully saturated rings. The van der Waals surface area contributed by atoms with E-state index in [1.807, 2.05) is 18.3 Å². The minimum absolute atomic E-state index is 0.0754. The van der Waals surface area contributed by atoms with Gasteiger partial charge in [-0.2, -0.15) is 0 Å². The molecule has 0 atom stereocenters. The molecule has 0 bridgehead atoms. The Hall–Kier alpha value is -1.97. The summed E-state index contributed by atoms with van der Waals surface area (Å²) >= 11 is 0. The van der Waals surface area contributed by atoms with Crippen LogP contribution in [0.5, 0.6) is 5.75 Å². The molecule has 3 rings (SSSR count). The van der Waals surface area contributed by atoms with Crippen molar-refractivity contribution < 1.29 is 9.53 Å². The van der Waals surface area contributed by atoms with E-state index in [2.05, 4.69) is 10.3 Å². The lowest BCUT2D eigenvalue weighted by atomic mass is 9.99. The number of H-pyrrole nitrogens is 1. The lowest BCUT2D eigenvalue weighted by Gasteiger charge is -2.13. The summed E-state index contributed by atoms with van der Waals surface area (Å²) in [5, 5.41) is 4.08. The van der Waals surface area contributed by atoms with Gasteiger partial charge in [0.2, 0.25) is 5.91 Å². The van der Waals surface area contributed by atoms with Crippen molar-refractivity contribution in [2.45, 2.75) is 12.8 Å². The smallest absolute Gasteiger partial charge is 0.224 e. The van der Waals surface area contributed by atoms with Crippen molar-refractivity contribution in [1.82, 2.24) is 10.3 Å². The molecular weight excluding hydrogens is 216 g/mol. The molecule has 88 valence electrons. The molecule has 2 N–H and O–H groups in total. The number of methoxy groups -OCH3 is 1. The molecule has 2 aromatic rings. The van der Waals surface area contributed by atoms with E-state index in [0.717, 1.165) is 23.3 Å². The number of rotatable bonds is 1. The van der Waals surface area contributed by atoms with Gasteiger partial charge in [-0.3, -0.25) is 4.79 Å². The van der Waals surface area contributed by atoms with E-state index in [0.29, 0.717) is 13.0 Å². The topological polar surface area (TPSA) is 54.1 Å². The van der Waals surface area contributed by atoms with Crippen molar-refractivity contribution in [3.63, 3.8) is 0 Å². The summed E-state index contributed by atoms with van der Waals surface area (Å²) in [7, 11) is 1.64. The highest BCUT2D eigenvalue weighted by molar-refractivity contribution is 5.92. The number of carbonyl (C=O) groups is 1. The Labute approximate surface area is 99.0 Å². The maximum Gasteiger partial charge on any atom is 0.224 e. The first-order valence-electron chi connectivity index (χ1n) is 5.71. The first kappa shape index (κ1) is 10.2. The van der Waals surface area contributed by atoms with Crippen molar-refractivity contribution in [2.24, 2.45) is 0 Å². The number of aromatic nitrogens is 1. The average Bonchev–Trinajstić information content (AvgIpc) is 2.70. The second-order valence-corrected chi connectivity index (χ2v) is 4.30. The van der Waals surface area contributed by atoms with Crippen LogP contribution in [-0.2, 0) is 17.6 Å². The maximum atomic E-state index is 11.6. The molecule has 0 saturated carbocycles. The molecule has 4 nitrogen and oxygen atoms in total. The molecule has 1 aliphatic heterocycles. The largest absolute Gasteiger partial charge is 0.497 e. The summed E-state index contributed by atoms with van der Waals surface area (Å²) in [5.74, 6) is 0.862. The highest BCUT2D eigenvalue weighted by atomic mass is 16.5. The molecule has 1 aromatic heterocycles. The Morgan fingerprint density at radius 3 is 3.00 bits per heavy atom. The summed E-state index contributed by atoms with van der Waals surface area (Å²) in [6.07, 6.45) is 3.30. The standard InChI is InChI=1S/C13H14N2O2/c1-17-10-4-9-5-12(16)14-3-2-8-7-15-11(6-10)13(8)9/h4,6-7,15H,2-3,5H2,1H3,(H,14,16). The molecule has 0 aliphatic carbocycles. The van der Waals surface area contributed by atoms with Crippen LogP contribution < -0.4 is 10.1 Å². The van der Waals surface area contributed by atoms with Crippen molar-refractivity contribution in [3.05, 3.63) is 29.5 Å². The number of benzene rings is 1. The van der Waals surface area contributed by atoms with Gasteiger partial charge in [0, 0.05) is 29.7 Å². The van der Waals surface area contributed by atoms with Crippen LogP contribution in [0.3, 0.4) is 0 Å². The number of nitrogens with one attached hydrogen (secondary N) is 2. The summed E-state index contributed by atoms with van der Waals surface area (Å²) in [6, 6.07) is 3.92. The molecule has 1 aliphatic rings. The van der Waals surface area contributed by atoms with Gasteiger partial charge in [-0.1, -0.05) is 0 Å². The molecule has 4 heteroatoms. The van der Waals surface area contributed by atoms with E-state index in [1.54, 1.807) is 7.11 Å². The SMILES string of the molecule is COc1cc2c3c(c[nH]c3c1)CCNC(=O)C2. The number of hydrogen-bond acceptors (Lipinski definition) is 2. The van der Waals surface area contributed by atoms with Crippen LogP contribution in [0.4, 0.5) is 0 Å². The van der Waals surface area contributed by atoms with Crippen LogP contribution >= 0.6 is 0 Å². The Morgan fingerprint density at radius 1 is 1.29 bits per heavy atom. The molecule has 0 spiro atoms. The van der Waals surface area contributed by atoms with Crippen molar-refractivity contribution in [2.75, 3.05) is 13.7 Å². The molecule has 2 heterocycles. The lowest BCUT2D eigenvalue weighted by molar-refractivity contribution is -0.120. The van der Waals surface area contributed by atoms with Crippen LogP contribution in [0, 0.1) is 0 Å². The summed E-state index contributed by atoms with van der Waals surface area (Å²) < 4.78 is 5.25. The number of aromatic amines is 1. The van der Waals surface area contributed by atoms with Gasteiger partial charge in [0.15, 0.2) is 0 Å². The van der Waals surface area contributed by atoms with Gasteiger partial charge in [0.1, 0.15) is 5.75 Å².